The predicted molar refractivity (Wildman–Crippen MR) is 146 cm³/mol. The van der Waals surface area contributed by atoms with Gasteiger partial charge in [0.25, 0.3) is 0 Å². The van der Waals surface area contributed by atoms with Gasteiger partial charge in [-0.1, -0.05) is 18.6 Å². The number of alkyl halides is 3. The molecule has 0 spiro atoms. The van der Waals surface area contributed by atoms with Crippen molar-refractivity contribution >= 4 is 23.4 Å². The third kappa shape index (κ3) is 6.36. The average Bonchev–Trinajstić information content (AvgIpc) is 2.94. The standard InChI is InChI=1S/C29H30ClF3N4O4/c1-18(24-4-2-3-13-34-24)40-22-8-5-19(6-9-22)17-28(41-26(39)29(31,32)33)23-10-7-21(38)16-20(23)12-15-37(28)25-11-14-35-27(30)36-25/h5-11,14,16,18,24,34,38H,2-4,12-13,15,17H2,1H3. The highest BCUT2D eigenvalue weighted by molar-refractivity contribution is 6.28. The molecule has 0 saturated carbocycles. The van der Waals surface area contributed by atoms with Crippen LogP contribution in [0.3, 0.4) is 0 Å². The molecule has 1 saturated heterocycles. The number of piperidine rings is 1. The number of anilines is 1. The molecule has 0 bridgehead atoms. The minimum Gasteiger partial charge on any atom is -0.508 e. The molecule has 2 N–H and O–H groups in total. The maximum atomic E-state index is 13.7. The van der Waals surface area contributed by atoms with Crippen molar-refractivity contribution in [1.29, 1.82) is 0 Å². The zero-order valence-electron chi connectivity index (χ0n) is 22.3. The topological polar surface area (TPSA) is 96.8 Å². The molecule has 0 radical (unpaired) electrons. The van der Waals surface area contributed by atoms with Crippen molar-refractivity contribution in [3.8, 4) is 11.5 Å². The Labute approximate surface area is 240 Å². The molecule has 5 rings (SSSR count). The first kappa shape index (κ1) is 28.9. The van der Waals surface area contributed by atoms with E-state index >= 15 is 0 Å². The lowest BCUT2D eigenvalue weighted by atomic mass is 9.84. The van der Waals surface area contributed by atoms with Crippen molar-refractivity contribution in [2.75, 3.05) is 18.0 Å². The number of halogens is 4. The fraction of sp³-hybridized carbons (Fsp3) is 0.414. The number of rotatable bonds is 7. The molecule has 12 heteroatoms. The molecule has 0 aliphatic carbocycles. The Morgan fingerprint density at radius 1 is 1.22 bits per heavy atom. The largest absolute Gasteiger partial charge is 0.508 e. The van der Waals surface area contributed by atoms with E-state index in [1.54, 1.807) is 24.3 Å². The van der Waals surface area contributed by atoms with Gasteiger partial charge < -0.3 is 24.8 Å². The highest BCUT2D eigenvalue weighted by atomic mass is 35.5. The van der Waals surface area contributed by atoms with E-state index in [4.69, 9.17) is 21.1 Å². The van der Waals surface area contributed by atoms with Gasteiger partial charge in [-0.3, -0.25) is 0 Å². The maximum absolute atomic E-state index is 13.7. The van der Waals surface area contributed by atoms with Crippen molar-refractivity contribution in [2.24, 2.45) is 0 Å². The van der Waals surface area contributed by atoms with Gasteiger partial charge in [0, 0.05) is 30.8 Å². The zero-order valence-corrected chi connectivity index (χ0v) is 23.1. The number of nitrogens with one attached hydrogen (secondary N) is 1. The minimum absolute atomic E-state index is 0.0543. The first-order chi connectivity index (χ1) is 19.5. The highest BCUT2D eigenvalue weighted by Crippen LogP contribution is 2.44. The lowest BCUT2D eigenvalue weighted by Gasteiger charge is -2.48. The minimum atomic E-state index is -5.25. The van der Waals surface area contributed by atoms with Crippen molar-refractivity contribution in [3.05, 3.63) is 76.7 Å². The van der Waals surface area contributed by atoms with Crippen LogP contribution in [0.2, 0.25) is 5.28 Å². The number of phenolic OH excluding ortho intramolecular Hbond substituents is 1. The molecule has 3 heterocycles. The summed E-state index contributed by atoms with van der Waals surface area (Å²) in [5.41, 5.74) is -0.536. The van der Waals surface area contributed by atoms with Gasteiger partial charge in [-0.15, -0.1) is 0 Å². The molecular weight excluding hydrogens is 561 g/mol. The van der Waals surface area contributed by atoms with Crippen LogP contribution < -0.4 is 15.0 Å². The first-order valence-electron chi connectivity index (χ1n) is 13.4. The summed E-state index contributed by atoms with van der Waals surface area (Å²) < 4.78 is 52.6. The molecule has 8 nitrogen and oxygen atoms in total. The van der Waals surface area contributed by atoms with Crippen LogP contribution in [0.4, 0.5) is 19.0 Å². The Bertz CT molecular complexity index is 1390. The Kier molecular flexibility index (Phi) is 8.28. The van der Waals surface area contributed by atoms with Crippen molar-refractivity contribution in [2.45, 2.75) is 63.1 Å². The molecule has 2 aliphatic rings. The monoisotopic (exact) mass is 590 g/mol. The smallest absolute Gasteiger partial charge is 0.491 e. The molecule has 1 fully saturated rings. The Morgan fingerprint density at radius 2 is 2.00 bits per heavy atom. The first-order valence-corrected chi connectivity index (χ1v) is 13.8. The molecule has 0 amide bonds. The summed E-state index contributed by atoms with van der Waals surface area (Å²) in [7, 11) is 0. The molecule has 2 aromatic carbocycles. The van der Waals surface area contributed by atoms with Gasteiger partial charge in [0.15, 0.2) is 0 Å². The number of carbonyl (C=O) groups excluding carboxylic acids is 1. The maximum Gasteiger partial charge on any atom is 0.491 e. The Hall–Kier alpha value is -3.57. The normalized spacial score (nSPS) is 21.6. The van der Waals surface area contributed by atoms with E-state index < -0.39 is 17.9 Å². The van der Waals surface area contributed by atoms with Crippen LogP contribution >= 0.6 is 11.6 Å². The second-order valence-corrected chi connectivity index (χ2v) is 10.6. The second kappa shape index (κ2) is 11.7. The van der Waals surface area contributed by atoms with Gasteiger partial charge in [0.2, 0.25) is 11.0 Å². The van der Waals surface area contributed by atoms with E-state index in [9.17, 15) is 23.1 Å². The van der Waals surface area contributed by atoms with E-state index in [1.165, 1.54) is 35.4 Å². The third-order valence-corrected chi connectivity index (χ3v) is 7.72. The predicted octanol–water partition coefficient (Wildman–Crippen LogP) is 5.31. The molecular formula is C29H30ClF3N4O4. The molecule has 3 atom stereocenters. The lowest BCUT2D eigenvalue weighted by molar-refractivity contribution is -0.216. The molecule has 3 unspecified atom stereocenters. The van der Waals surface area contributed by atoms with Crippen LogP contribution in [-0.4, -0.2) is 52.5 Å². The zero-order chi connectivity index (χ0) is 29.2. The number of carbonyl (C=O) groups is 1. The summed E-state index contributed by atoms with van der Waals surface area (Å²) in [6, 6.07) is 13.0. The fourth-order valence-corrected chi connectivity index (χ4v) is 5.73. The fourth-order valence-electron chi connectivity index (χ4n) is 5.59. The number of aromatic nitrogens is 2. The number of fused-ring (bicyclic) bond motifs is 1. The van der Waals surface area contributed by atoms with Crippen LogP contribution in [0.1, 0.15) is 42.9 Å². The van der Waals surface area contributed by atoms with Crippen molar-refractivity contribution < 1.29 is 32.5 Å². The van der Waals surface area contributed by atoms with Gasteiger partial charge in [-0.05, 0) is 91.9 Å². The number of aromatic hydroxyl groups is 1. The third-order valence-electron chi connectivity index (χ3n) is 7.54. The van der Waals surface area contributed by atoms with E-state index in [2.05, 4.69) is 15.3 Å². The van der Waals surface area contributed by atoms with Crippen LogP contribution in [-0.2, 0) is 28.1 Å². The summed E-state index contributed by atoms with van der Waals surface area (Å²) >= 11 is 6.04. The highest BCUT2D eigenvalue weighted by Gasteiger charge is 2.52. The van der Waals surface area contributed by atoms with Gasteiger partial charge in [0.05, 0.1) is 0 Å². The summed E-state index contributed by atoms with van der Waals surface area (Å²) in [6.07, 6.45) is -0.472. The van der Waals surface area contributed by atoms with Crippen LogP contribution in [0.25, 0.3) is 0 Å². The molecule has 1 aromatic heterocycles. The van der Waals surface area contributed by atoms with Gasteiger partial charge in [-0.25, -0.2) is 14.8 Å². The van der Waals surface area contributed by atoms with E-state index in [0.29, 0.717) is 28.9 Å². The number of nitrogens with zero attached hydrogens (tertiary/aromatic N) is 3. The van der Waals surface area contributed by atoms with Gasteiger partial charge in [0.1, 0.15) is 23.4 Å². The van der Waals surface area contributed by atoms with Crippen molar-refractivity contribution in [1.82, 2.24) is 15.3 Å². The molecule has 3 aromatic rings. The van der Waals surface area contributed by atoms with Crippen LogP contribution in [0, 0.1) is 0 Å². The average molecular weight is 591 g/mol. The van der Waals surface area contributed by atoms with E-state index in [0.717, 1.165) is 25.8 Å². The summed E-state index contributed by atoms with van der Waals surface area (Å²) in [4.78, 5) is 22.1. The number of hydrogen-bond donors (Lipinski definition) is 2. The number of benzene rings is 2. The van der Waals surface area contributed by atoms with Crippen LogP contribution in [0.5, 0.6) is 11.5 Å². The SMILES string of the molecule is CC(Oc1ccc(CC2(OC(=O)C(F)(F)F)c3ccc(O)cc3CCN2c2ccnc(Cl)n2)cc1)C1CCCCN1. The lowest BCUT2D eigenvalue weighted by Crippen LogP contribution is -2.56. The van der Waals surface area contributed by atoms with Crippen LogP contribution in [0.15, 0.2) is 54.7 Å². The van der Waals surface area contributed by atoms with E-state index in [1.807, 2.05) is 6.92 Å². The van der Waals surface area contributed by atoms with E-state index in [-0.39, 0.29) is 42.0 Å². The van der Waals surface area contributed by atoms with Gasteiger partial charge in [-0.2, -0.15) is 13.2 Å². The number of hydrogen-bond acceptors (Lipinski definition) is 8. The summed E-state index contributed by atoms with van der Waals surface area (Å²) in [5, 5.41) is 13.5. The molecule has 41 heavy (non-hydrogen) atoms. The number of esters is 1. The second-order valence-electron chi connectivity index (χ2n) is 10.3. The molecule has 2 aliphatic heterocycles. The molecule has 218 valence electrons. The quantitative estimate of drug-likeness (QED) is 0.282. The summed E-state index contributed by atoms with van der Waals surface area (Å²) in [5.74, 6) is -1.60. The summed E-state index contributed by atoms with van der Waals surface area (Å²) in [6.45, 7) is 3.08. The Balaban J connectivity index is 1.54. The number of phenols is 1. The van der Waals surface area contributed by atoms with Crippen molar-refractivity contribution in [3.63, 3.8) is 0 Å². The Morgan fingerprint density at radius 3 is 2.68 bits per heavy atom. The number of ether oxygens (including phenoxy) is 2. The van der Waals surface area contributed by atoms with Gasteiger partial charge >= 0.3 is 12.1 Å².